The van der Waals surface area contributed by atoms with Crippen LogP contribution in [0.5, 0.6) is 0 Å². The summed E-state index contributed by atoms with van der Waals surface area (Å²) in [5.41, 5.74) is 0. The molecule has 1 saturated heterocycles. The molecule has 3 N–H and O–H groups in total. The van der Waals surface area contributed by atoms with Gasteiger partial charge in [-0.3, -0.25) is 4.79 Å². The number of amides is 1. The quantitative estimate of drug-likeness (QED) is 0.690. The van der Waals surface area contributed by atoms with E-state index in [1.807, 2.05) is 6.26 Å². The van der Waals surface area contributed by atoms with Crippen LogP contribution in [0.1, 0.15) is 20.3 Å². The summed E-state index contributed by atoms with van der Waals surface area (Å²) in [5.74, 6) is -0.00586. The fraction of sp³-hybridized carbons (Fsp3) is 0.900. The molecule has 1 aliphatic heterocycles. The Labute approximate surface area is 107 Å². The van der Waals surface area contributed by atoms with Gasteiger partial charge in [0, 0.05) is 17.8 Å². The van der Waals surface area contributed by atoms with Crippen LogP contribution in [0.4, 0.5) is 0 Å². The molecule has 96 valence electrons. The van der Waals surface area contributed by atoms with Crippen molar-refractivity contribution in [3.63, 3.8) is 0 Å². The number of hydrogen-bond donors (Lipinski definition) is 3. The molecule has 1 aliphatic rings. The second kappa shape index (κ2) is 6.69. The SMILES string of the molecule is CSC(C)(C)CNC(=O)C1CC(O)CN1.Cl. The van der Waals surface area contributed by atoms with Gasteiger partial charge in [-0.05, 0) is 26.5 Å². The molecule has 1 amide bonds. The van der Waals surface area contributed by atoms with E-state index >= 15 is 0 Å². The maximum absolute atomic E-state index is 11.7. The van der Waals surface area contributed by atoms with Crippen LogP contribution in [0.15, 0.2) is 0 Å². The average molecular weight is 269 g/mol. The van der Waals surface area contributed by atoms with Crippen molar-refractivity contribution in [2.24, 2.45) is 0 Å². The lowest BCUT2D eigenvalue weighted by molar-refractivity contribution is -0.123. The molecular formula is C10H21ClN2O2S. The first-order valence-electron chi connectivity index (χ1n) is 5.19. The minimum absolute atomic E-state index is 0. The Hall–Kier alpha value is 0.0300. The van der Waals surface area contributed by atoms with Crippen molar-refractivity contribution in [3.05, 3.63) is 0 Å². The summed E-state index contributed by atoms with van der Waals surface area (Å²) in [4.78, 5) is 11.7. The zero-order chi connectivity index (χ0) is 11.5. The molecule has 2 atom stereocenters. The molecular weight excluding hydrogens is 248 g/mol. The highest BCUT2D eigenvalue weighted by atomic mass is 35.5. The maximum atomic E-state index is 11.7. The molecule has 2 unspecified atom stereocenters. The Kier molecular flexibility index (Phi) is 6.70. The third-order valence-corrected chi connectivity index (χ3v) is 3.91. The Morgan fingerprint density at radius 1 is 1.62 bits per heavy atom. The summed E-state index contributed by atoms with van der Waals surface area (Å²) in [5, 5.41) is 15.2. The Balaban J connectivity index is 0.00000225. The average Bonchev–Trinajstić information content (AvgIpc) is 2.61. The second-order valence-corrected chi connectivity index (χ2v) is 6.05. The number of carbonyl (C=O) groups excluding carboxylic acids is 1. The first kappa shape index (κ1) is 16.0. The predicted molar refractivity (Wildman–Crippen MR) is 70.3 cm³/mol. The van der Waals surface area contributed by atoms with Crippen molar-refractivity contribution in [1.82, 2.24) is 10.6 Å². The number of hydrogen-bond acceptors (Lipinski definition) is 4. The zero-order valence-electron chi connectivity index (χ0n) is 9.95. The van der Waals surface area contributed by atoms with Crippen LogP contribution in [0.2, 0.25) is 0 Å². The van der Waals surface area contributed by atoms with Crippen LogP contribution in [-0.4, -0.2) is 47.3 Å². The molecule has 0 saturated carbocycles. The van der Waals surface area contributed by atoms with E-state index in [1.165, 1.54) is 0 Å². The lowest BCUT2D eigenvalue weighted by Crippen LogP contribution is -2.44. The molecule has 6 heteroatoms. The minimum Gasteiger partial charge on any atom is -0.392 e. The fourth-order valence-electron chi connectivity index (χ4n) is 1.41. The summed E-state index contributed by atoms with van der Waals surface area (Å²) in [6.45, 7) is 5.36. The number of nitrogens with one attached hydrogen (secondary N) is 2. The summed E-state index contributed by atoms with van der Waals surface area (Å²) in [6, 6.07) is -0.224. The smallest absolute Gasteiger partial charge is 0.237 e. The van der Waals surface area contributed by atoms with E-state index in [0.29, 0.717) is 19.5 Å². The molecule has 0 aromatic rings. The molecule has 1 fully saturated rings. The van der Waals surface area contributed by atoms with Crippen LogP contribution < -0.4 is 10.6 Å². The third-order valence-electron chi connectivity index (χ3n) is 2.67. The van der Waals surface area contributed by atoms with E-state index in [4.69, 9.17) is 0 Å². The highest BCUT2D eigenvalue weighted by Gasteiger charge is 2.28. The molecule has 0 aromatic heterocycles. The maximum Gasteiger partial charge on any atom is 0.237 e. The van der Waals surface area contributed by atoms with Crippen LogP contribution in [-0.2, 0) is 4.79 Å². The van der Waals surface area contributed by atoms with Crippen molar-refractivity contribution in [2.75, 3.05) is 19.3 Å². The zero-order valence-corrected chi connectivity index (χ0v) is 11.6. The van der Waals surface area contributed by atoms with Gasteiger partial charge in [-0.1, -0.05) is 0 Å². The second-order valence-electron chi connectivity index (χ2n) is 4.53. The number of halogens is 1. The van der Waals surface area contributed by atoms with Gasteiger partial charge < -0.3 is 15.7 Å². The van der Waals surface area contributed by atoms with Gasteiger partial charge >= 0.3 is 0 Å². The van der Waals surface area contributed by atoms with E-state index in [2.05, 4.69) is 24.5 Å². The summed E-state index contributed by atoms with van der Waals surface area (Å²) in [6.07, 6.45) is 2.17. The molecule has 4 nitrogen and oxygen atoms in total. The normalized spacial score (nSPS) is 25.0. The number of rotatable bonds is 4. The molecule has 0 aliphatic carbocycles. The molecule has 16 heavy (non-hydrogen) atoms. The monoisotopic (exact) mass is 268 g/mol. The van der Waals surface area contributed by atoms with Crippen LogP contribution >= 0.6 is 24.2 Å². The van der Waals surface area contributed by atoms with Gasteiger partial charge in [0.1, 0.15) is 0 Å². The van der Waals surface area contributed by atoms with E-state index in [-0.39, 0.29) is 35.2 Å². The topological polar surface area (TPSA) is 61.4 Å². The van der Waals surface area contributed by atoms with Crippen molar-refractivity contribution < 1.29 is 9.90 Å². The lowest BCUT2D eigenvalue weighted by atomic mass is 10.1. The third kappa shape index (κ3) is 4.91. The highest BCUT2D eigenvalue weighted by molar-refractivity contribution is 7.99. The standard InChI is InChI=1S/C10H20N2O2S.ClH/c1-10(2,15-3)6-12-9(14)8-4-7(13)5-11-8;/h7-8,11,13H,4-6H2,1-3H3,(H,12,14);1H. The Morgan fingerprint density at radius 3 is 2.69 bits per heavy atom. The molecule has 1 heterocycles. The Morgan fingerprint density at radius 2 is 2.25 bits per heavy atom. The molecule has 0 aromatic carbocycles. The van der Waals surface area contributed by atoms with Crippen molar-refractivity contribution >= 4 is 30.1 Å². The van der Waals surface area contributed by atoms with Crippen LogP contribution in [0.25, 0.3) is 0 Å². The highest BCUT2D eigenvalue weighted by Crippen LogP contribution is 2.19. The number of aliphatic hydroxyl groups is 1. The first-order valence-corrected chi connectivity index (χ1v) is 6.41. The molecule has 0 bridgehead atoms. The van der Waals surface area contributed by atoms with E-state index in [9.17, 15) is 9.90 Å². The van der Waals surface area contributed by atoms with Gasteiger partial charge in [0.2, 0.25) is 5.91 Å². The van der Waals surface area contributed by atoms with Crippen molar-refractivity contribution in [1.29, 1.82) is 0 Å². The molecule has 1 rings (SSSR count). The Bertz CT molecular complexity index is 239. The van der Waals surface area contributed by atoms with E-state index in [1.54, 1.807) is 11.8 Å². The van der Waals surface area contributed by atoms with Gasteiger partial charge in [0.15, 0.2) is 0 Å². The van der Waals surface area contributed by atoms with Gasteiger partial charge in [-0.25, -0.2) is 0 Å². The molecule has 0 radical (unpaired) electrons. The lowest BCUT2D eigenvalue weighted by Gasteiger charge is -2.23. The number of thioether (sulfide) groups is 1. The van der Waals surface area contributed by atoms with Crippen LogP contribution in [0, 0.1) is 0 Å². The fourth-order valence-corrected chi connectivity index (χ4v) is 1.63. The van der Waals surface area contributed by atoms with Crippen LogP contribution in [0.3, 0.4) is 0 Å². The summed E-state index contributed by atoms with van der Waals surface area (Å²) in [7, 11) is 0. The van der Waals surface area contributed by atoms with E-state index < -0.39 is 0 Å². The van der Waals surface area contributed by atoms with Crippen molar-refractivity contribution in [3.8, 4) is 0 Å². The van der Waals surface area contributed by atoms with Crippen molar-refractivity contribution in [2.45, 2.75) is 37.2 Å². The van der Waals surface area contributed by atoms with Gasteiger partial charge in [-0.15, -0.1) is 12.4 Å². The summed E-state index contributed by atoms with van der Waals surface area (Å²) >= 11 is 1.73. The number of carbonyl (C=O) groups is 1. The van der Waals surface area contributed by atoms with Gasteiger partial charge in [0.05, 0.1) is 12.1 Å². The largest absolute Gasteiger partial charge is 0.392 e. The molecule has 0 spiro atoms. The summed E-state index contributed by atoms with van der Waals surface area (Å²) < 4.78 is 0.0624. The predicted octanol–water partition coefficient (Wildman–Crippen LogP) is 0.389. The first-order chi connectivity index (χ1) is 6.94. The minimum atomic E-state index is -0.380. The number of β-amino-alcohol motifs (C(OH)–C–C–N with tert-alkyl or cyclic N) is 1. The number of aliphatic hydroxyl groups excluding tert-OH is 1. The van der Waals surface area contributed by atoms with Gasteiger partial charge in [-0.2, -0.15) is 11.8 Å². The van der Waals surface area contributed by atoms with Gasteiger partial charge in [0.25, 0.3) is 0 Å². The van der Waals surface area contributed by atoms with E-state index in [0.717, 1.165) is 0 Å².